The quantitative estimate of drug-likeness (QED) is 0.583. The fraction of sp³-hybridized carbons (Fsp3) is 0.500. The topological polar surface area (TPSA) is 35.5 Å². The largest absolute Gasteiger partial charge is 0.479 e. The van der Waals surface area contributed by atoms with Crippen LogP contribution in [0.1, 0.15) is 32.3 Å². The first-order chi connectivity index (χ1) is 8.54. The van der Waals surface area contributed by atoms with Gasteiger partial charge in [-0.2, -0.15) is 0 Å². The molecule has 1 atom stereocenters. The lowest BCUT2D eigenvalue weighted by molar-refractivity contribution is -0.151. The van der Waals surface area contributed by atoms with Gasteiger partial charge in [0, 0.05) is 5.02 Å². The standard InChI is InChI=1S/C14H19ClO3/c1-4-5-8-17-14(16)11(3)18-13-7-6-12(15)9-10(13)2/h6-7,9,11H,4-5,8H2,1-3H3/t11-/m0/s1. The fourth-order valence-corrected chi connectivity index (χ4v) is 1.64. The molecule has 4 heteroatoms. The lowest BCUT2D eigenvalue weighted by Gasteiger charge is -2.15. The predicted octanol–water partition coefficient (Wildman–Crippen LogP) is 3.76. The maximum absolute atomic E-state index is 11.6. The van der Waals surface area contributed by atoms with Crippen LogP contribution in [0.2, 0.25) is 5.02 Å². The number of ether oxygens (including phenoxy) is 2. The number of unbranched alkanes of at least 4 members (excludes halogenated alkanes) is 1. The molecule has 0 aliphatic carbocycles. The van der Waals surface area contributed by atoms with Gasteiger partial charge in [0.15, 0.2) is 6.10 Å². The fourth-order valence-electron chi connectivity index (χ4n) is 1.42. The van der Waals surface area contributed by atoms with Crippen LogP contribution in [0.15, 0.2) is 18.2 Å². The van der Waals surface area contributed by atoms with Gasteiger partial charge in [0.25, 0.3) is 0 Å². The van der Waals surface area contributed by atoms with E-state index < -0.39 is 6.10 Å². The Labute approximate surface area is 113 Å². The summed E-state index contributed by atoms with van der Waals surface area (Å²) in [4.78, 5) is 11.6. The molecule has 0 saturated carbocycles. The summed E-state index contributed by atoms with van der Waals surface area (Å²) in [7, 11) is 0. The molecule has 0 bridgehead atoms. The molecule has 0 saturated heterocycles. The minimum atomic E-state index is -0.610. The molecule has 0 N–H and O–H groups in total. The van der Waals surface area contributed by atoms with Gasteiger partial charge in [-0.25, -0.2) is 4.79 Å². The highest BCUT2D eigenvalue weighted by Crippen LogP contribution is 2.22. The summed E-state index contributed by atoms with van der Waals surface area (Å²) in [6.45, 7) is 6.06. The zero-order chi connectivity index (χ0) is 13.5. The van der Waals surface area contributed by atoms with Crippen molar-refractivity contribution in [3.63, 3.8) is 0 Å². The Morgan fingerprint density at radius 1 is 1.44 bits per heavy atom. The van der Waals surface area contributed by atoms with Crippen molar-refractivity contribution in [2.75, 3.05) is 6.61 Å². The molecule has 0 heterocycles. The molecule has 0 fully saturated rings. The molecule has 1 rings (SSSR count). The van der Waals surface area contributed by atoms with E-state index in [2.05, 4.69) is 0 Å². The van der Waals surface area contributed by atoms with Crippen molar-refractivity contribution in [1.82, 2.24) is 0 Å². The van der Waals surface area contributed by atoms with E-state index in [1.54, 1.807) is 25.1 Å². The number of carbonyl (C=O) groups excluding carboxylic acids is 1. The van der Waals surface area contributed by atoms with Crippen molar-refractivity contribution in [3.05, 3.63) is 28.8 Å². The maximum atomic E-state index is 11.6. The smallest absolute Gasteiger partial charge is 0.347 e. The van der Waals surface area contributed by atoms with Crippen molar-refractivity contribution >= 4 is 17.6 Å². The van der Waals surface area contributed by atoms with Crippen LogP contribution < -0.4 is 4.74 Å². The number of halogens is 1. The van der Waals surface area contributed by atoms with E-state index in [9.17, 15) is 4.79 Å². The van der Waals surface area contributed by atoms with Crippen LogP contribution in [0.25, 0.3) is 0 Å². The highest BCUT2D eigenvalue weighted by atomic mass is 35.5. The molecule has 0 radical (unpaired) electrons. The summed E-state index contributed by atoms with van der Waals surface area (Å²) in [5.41, 5.74) is 0.899. The van der Waals surface area contributed by atoms with Gasteiger partial charge in [0.2, 0.25) is 0 Å². The third kappa shape index (κ3) is 4.57. The van der Waals surface area contributed by atoms with Gasteiger partial charge < -0.3 is 9.47 Å². The second kappa shape index (κ2) is 7.27. The van der Waals surface area contributed by atoms with E-state index in [0.29, 0.717) is 17.4 Å². The van der Waals surface area contributed by atoms with E-state index in [1.807, 2.05) is 13.8 Å². The Bertz CT molecular complexity index is 404. The number of aryl methyl sites for hydroxylation is 1. The van der Waals surface area contributed by atoms with Gasteiger partial charge in [-0.05, 0) is 44.0 Å². The van der Waals surface area contributed by atoms with Gasteiger partial charge in [-0.1, -0.05) is 24.9 Å². The summed E-state index contributed by atoms with van der Waals surface area (Å²) in [6.07, 6.45) is 1.26. The molecule has 0 aliphatic rings. The number of benzene rings is 1. The molecule has 18 heavy (non-hydrogen) atoms. The van der Waals surface area contributed by atoms with Crippen molar-refractivity contribution in [3.8, 4) is 5.75 Å². The summed E-state index contributed by atoms with van der Waals surface area (Å²) in [5.74, 6) is 0.317. The van der Waals surface area contributed by atoms with E-state index in [4.69, 9.17) is 21.1 Å². The second-order valence-corrected chi connectivity index (χ2v) is 4.63. The Hall–Kier alpha value is -1.22. The third-order valence-electron chi connectivity index (χ3n) is 2.51. The molecule has 1 aromatic carbocycles. The number of hydrogen-bond donors (Lipinski definition) is 0. The van der Waals surface area contributed by atoms with Crippen LogP contribution in [-0.2, 0) is 9.53 Å². The predicted molar refractivity (Wildman–Crippen MR) is 72.1 cm³/mol. The molecular weight excluding hydrogens is 252 g/mol. The van der Waals surface area contributed by atoms with Crippen LogP contribution in [0.3, 0.4) is 0 Å². The molecule has 3 nitrogen and oxygen atoms in total. The average Bonchev–Trinajstić information content (AvgIpc) is 2.32. The third-order valence-corrected chi connectivity index (χ3v) is 2.75. The van der Waals surface area contributed by atoms with Crippen molar-refractivity contribution in [2.24, 2.45) is 0 Å². The van der Waals surface area contributed by atoms with Gasteiger partial charge in [0.1, 0.15) is 5.75 Å². The van der Waals surface area contributed by atoms with Gasteiger partial charge >= 0.3 is 5.97 Å². The molecule has 0 amide bonds. The van der Waals surface area contributed by atoms with Crippen LogP contribution >= 0.6 is 11.6 Å². The normalized spacial score (nSPS) is 12.0. The molecule has 0 unspecified atom stereocenters. The highest BCUT2D eigenvalue weighted by Gasteiger charge is 2.16. The Morgan fingerprint density at radius 2 is 2.17 bits per heavy atom. The average molecular weight is 271 g/mol. The minimum absolute atomic E-state index is 0.335. The van der Waals surface area contributed by atoms with Crippen LogP contribution in [-0.4, -0.2) is 18.7 Å². The van der Waals surface area contributed by atoms with Gasteiger partial charge in [0.05, 0.1) is 6.61 Å². The Balaban J connectivity index is 2.53. The SMILES string of the molecule is CCCCOC(=O)[C@H](C)Oc1ccc(Cl)cc1C. The first-order valence-corrected chi connectivity index (χ1v) is 6.51. The molecule has 100 valence electrons. The molecular formula is C14H19ClO3. The summed E-state index contributed by atoms with van der Waals surface area (Å²) in [6, 6.07) is 5.29. The first-order valence-electron chi connectivity index (χ1n) is 6.14. The van der Waals surface area contributed by atoms with Crippen molar-refractivity contribution < 1.29 is 14.3 Å². The summed E-state index contributed by atoms with van der Waals surface area (Å²) >= 11 is 5.85. The van der Waals surface area contributed by atoms with Crippen LogP contribution in [0.5, 0.6) is 5.75 Å². The monoisotopic (exact) mass is 270 g/mol. The summed E-state index contributed by atoms with van der Waals surface area (Å²) in [5, 5.41) is 0.651. The number of rotatable bonds is 6. The molecule has 1 aromatic rings. The number of esters is 1. The maximum Gasteiger partial charge on any atom is 0.347 e. The minimum Gasteiger partial charge on any atom is -0.479 e. The lowest BCUT2D eigenvalue weighted by Crippen LogP contribution is -2.26. The van der Waals surface area contributed by atoms with Crippen LogP contribution in [0.4, 0.5) is 0 Å². The van der Waals surface area contributed by atoms with Crippen molar-refractivity contribution in [2.45, 2.75) is 39.7 Å². The van der Waals surface area contributed by atoms with Crippen LogP contribution in [0, 0.1) is 6.92 Å². The molecule has 0 spiro atoms. The Kier molecular flexibility index (Phi) is 5.99. The Morgan fingerprint density at radius 3 is 2.78 bits per heavy atom. The number of carbonyl (C=O) groups is 1. The zero-order valence-corrected chi connectivity index (χ0v) is 11.8. The van der Waals surface area contributed by atoms with Gasteiger partial charge in [-0.3, -0.25) is 0 Å². The van der Waals surface area contributed by atoms with E-state index in [-0.39, 0.29) is 5.97 Å². The first kappa shape index (κ1) is 14.8. The van der Waals surface area contributed by atoms with E-state index >= 15 is 0 Å². The van der Waals surface area contributed by atoms with E-state index in [0.717, 1.165) is 18.4 Å². The number of hydrogen-bond acceptors (Lipinski definition) is 3. The van der Waals surface area contributed by atoms with Crippen molar-refractivity contribution in [1.29, 1.82) is 0 Å². The molecule has 0 aromatic heterocycles. The lowest BCUT2D eigenvalue weighted by atomic mass is 10.2. The van der Waals surface area contributed by atoms with Gasteiger partial charge in [-0.15, -0.1) is 0 Å². The zero-order valence-electron chi connectivity index (χ0n) is 11.0. The highest BCUT2D eigenvalue weighted by molar-refractivity contribution is 6.30. The second-order valence-electron chi connectivity index (χ2n) is 4.19. The summed E-state index contributed by atoms with van der Waals surface area (Å²) < 4.78 is 10.6. The van der Waals surface area contributed by atoms with E-state index in [1.165, 1.54) is 0 Å². The molecule has 0 aliphatic heterocycles.